The van der Waals surface area contributed by atoms with Crippen LogP contribution in [0.25, 0.3) is 11.1 Å². The van der Waals surface area contributed by atoms with Crippen LogP contribution in [0.15, 0.2) is 36.9 Å². The number of halogens is 1. The smallest absolute Gasteiger partial charge is 0.245 e. The number of rotatable bonds is 6. The number of amides is 1. The topological polar surface area (TPSA) is 66.7 Å². The van der Waals surface area contributed by atoms with Crippen LogP contribution in [0, 0.1) is 22.6 Å². The summed E-state index contributed by atoms with van der Waals surface area (Å²) in [6.07, 6.45) is 3.02. The molecule has 37 heavy (non-hydrogen) atoms. The molecule has 1 spiro atoms. The van der Waals surface area contributed by atoms with Gasteiger partial charge in [0.25, 0.3) is 0 Å². The summed E-state index contributed by atoms with van der Waals surface area (Å²) >= 11 is 0. The van der Waals surface area contributed by atoms with E-state index in [9.17, 15) is 10.1 Å². The third kappa shape index (κ3) is 4.62. The Morgan fingerprint density at radius 2 is 2.05 bits per heavy atom. The zero-order valence-corrected chi connectivity index (χ0v) is 22.0. The van der Waals surface area contributed by atoms with Gasteiger partial charge in [-0.05, 0) is 51.6 Å². The fourth-order valence-electron chi connectivity index (χ4n) is 6.32. The van der Waals surface area contributed by atoms with Crippen LogP contribution >= 0.6 is 0 Å². The summed E-state index contributed by atoms with van der Waals surface area (Å²) in [4.78, 5) is 25.8. The molecule has 2 fully saturated rings. The number of carbonyl (C=O) groups is 1. The van der Waals surface area contributed by atoms with Crippen molar-refractivity contribution in [2.24, 2.45) is 5.41 Å². The molecule has 1 atom stereocenters. The van der Waals surface area contributed by atoms with Crippen molar-refractivity contribution in [3.05, 3.63) is 59.6 Å². The van der Waals surface area contributed by atoms with Crippen LogP contribution in [0.3, 0.4) is 0 Å². The van der Waals surface area contributed by atoms with Crippen LogP contribution in [-0.4, -0.2) is 85.0 Å². The van der Waals surface area contributed by atoms with Crippen LogP contribution in [0.2, 0.25) is 0 Å². The molecule has 1 aromatic heterocycles. The Morgan fingerprint density at radius 3 is 2.73 bits per heavy atom. The summed E-state index contributed by atoms with van der Waals surface area (Å²) in [5.74, 6) is 0.284. The van der Waals surface area contributed by atoms with Crippen molar-refractivity contribution in [3.63, 3.8) is 0 Å². The molecular weight excluding hydrogens is 467 g/mol. The van der Waals surface area contributed by atoms with Crippen LogP contribution in [0.5, 0.6) is 0 Å². The monoisotopic (exact) mass is 502 g/mol. The first-order valence-electron chi connectivity index (χ1n) is 13.0. The van der Waals surface area contributed by atoms with Crippen molar-refractivity contribution in [1.29, 1.82) is 5.26 Å². The lowest BCUT2D eigenvalue weighted by molar-refractivity contribution is -0.136. The number of benzene rings is 1. The van der Waals surface area contributed by atoms with Gasteiger partial charge in [0.15, 0.2) is 0 Å². The average molecular weight is 503 g/mol. The molecule has 3 aliphatic heterocycles. The molecule has 1 amide bonds. The molecule has 0 bridgehead atoms. The molecule has 5 rings (SSSR count). The van der Waals surface area contributed by atoms with Crippen molar-refractivity contribution in [2.75, 3.05) is 58.3 Å². The molecule has 0 saturated carbocycles. The highest BCUT2D eigenvalue weighted by molar-refractivity contribution is 5.88. The standard InChI is InChI=1S/C29H35FN6O/c1-5-26(37)36-18-29(19-36)11-13-35(17-29)28-23(14-31)27(21-8-6-7-9-24(21)30)22-10-12-34(16-25(22)32-28)20(2)15-33(3)4/h5-9,20H,1,10-13,15-19H2,2-4H3/t20-/m0/s1. The van der Waals surface area contributed by atoms with Gasteiger partial charge in [0.05, 0.1) is 5.69 Å². The molecule has 0 radical (unpaired) electrons. The maximum absolute atomic E-state index is 15.2. The molecule has 0 N–H and O–H groups in total. The number of likely N-dealkylation sites (N-methyl/N-ethyl adjacent to an activating group) is 1. The van der Waals surface area contributed by atoms with Gasteiger partial charge in [0.2, 0.25) is 5.91 Å². The first kappa shape index (κ1) is 25.4. The van der Waals surface area contributed by atoms with Crippen molar-refractivity contribution in [3.8, 4) is 17.2 Å². The molecule has 194 valence electrons. The summed E-state index contributed by atoms with van der Waals surface area (Å²) in [5.41, 5.74) is 3.54. The number of likely N-dealkylation sites (tertiary alicyclic amines) is 1. The lowest BCUT2D eigenvalue weighted by atomic mass is 9.79. The van der Waals surface area contributed by atoms with E-state index in [1.807, 2.05) is 11.0 Å². The Kier molecular flexibility index (Phi) is 6.78. The number of anilines is 1. The van der Waals surface area contributed by atoms with Gasteiger partial charge in [0.1, 0.15) is 23.3 Å². The predicted octanol–water partition coefficient (Wildman–Crippen LogP) is 3.29. The van der Waals surface area contributed by atoms with E-state index in [2.05, 4.69) is 48.4 Å². The van der Waals surface area contributed by atoms with Crippen molar-refractivity contribution in [1.82, 2.24) is 19.7 Å². The number of aromatic nitrogens is 1. The molecular formula is C29H35FN6O. The number of hydrogen-bond donors (Lipinski definition) is 0. The van der Waals surface area contributed by atoms with E-state index in [4.69, 9.17) is 4.98 Å². The summed E-state index contributed by atoms with van der Waals surface area (Å²) in [6, 6.07) is 9.49. The van der Waals surface area contributed by atoms with E-state index in [1.165, 1.54) is 12.1 Å². The highest BCUT2D eigenvalue weighted by atomic mass is 19.1. The number of nitrogens with zero attached hydrogens (tertiary/aromatic N) is 6. The Morgan fingerprint density at radius 1 is 1.30 bits per heavy atom. The highest BCUT2D eigenvalue weighted by Crippen LogP contribution is 2.44. The maximum Gasteiger partial charge on any atom is 0.245 e. The number of pyridine rings is 1. The van der Waals surface area contributed by atoms with E-state index >= 15 is 4.39 Å². The lowest BCUT2D eigenvalue weighted by Gasteiger charge is -2.47. The van der Waals surface area contributed by atoms with Crippen LogP contribution in [0.1, 0.15) is 30.2 Å². The van der Waals surface area contributed by atoms with Gasteiger partial charge in [-0.25, -0.2) is 9.37 Å². The summed E-state index contributed by atoms with van der Waals surface area (Å²) in [7, 11) is 4.15. The van der Waals surface area contributed by atoms with Crippen LogP contribution in [0.4, 0.5) is 10.2 Å². The quantitative estimate of drug-likeness (QED) is 0.565. The number of carbonyl (C=O) groups excluding carboxylic acids is 1. The largest absolute Gasteiger partial charge is 0.355 e. The Balaban J connectivity index is 1.54. The van der Waals surface area contributed by atoms with E-state index in [1.54, 1.807) is 12.1 Å². The van der Waals surface area contributed by atoms with Crippen LogP contribution in [-0.2, 0) is 17.8 Å². The minimum atomic E-state index is -0.322. The average Bonchev–Trinajstić information content (AvgIpc) is 3.32. The number of hydrogen-bond acceptors (Lipinski definition) is 6. The predicted molar refractivity (Wildman–Crippen MR) is 143 cm³/mol. The normalized spacial score (nSPS) is 19.5. The van der Waals surface area contributed by atoms with Crippen molar-refractivity contribution < 1.29 is 9.18 Å². The summed E-state index contributed by atoms with van der Waals surface area (Å²) in [5, 5.41) is 10.4. The Bertz CT molecular complexity index is 1260. The zero-order chi connectivity index (χ0) is 26.3. The third-order valence-corrected chi connectivity index (χ3v) is 8.15. The van der Waals surface area contributed by atoms with Gasteiger partial charge >= 0.3 is 0 Å². The molecule has 7 nitrogen and oxygen atoms in total. The van der Waals surface area contributed by atoms with Crippen molar-refractivity contribution in [2.45, 2.75) is 32.4 Å². The van der Waals surface area contributed by atoms with E-state index in [0.29, 0.717) is 48.2 Å². The molecule has 4 heterocycles. The second-order valence-corrected chi connectivity index (χ2v) is 11.1. The first-order valence-corrected chi connectivity index (χ1v) is 13.0. The summed E-state index contributed by atoms with van der Waals surface area (Å²) < 4.78 is 15.2. The fraction of sp³-hybridized carbons (Fsp3) is 0.483. The van der Waals surface area contributed by atoms with E-state index in [-0.39, 0.29) is 17.1 Å². The second kappa shape index (κ2) is 9.88. The second-order valence-electron chi connectivity index (χ2n) is 11.1. The van der Waals surface area contributed by atoms with Crippen molar-refractivity contribution >= 4 is 11.7 Å². The third-order valence-electron chi connectivity index (χ3n) is 8.15. The highest BCUT2D eigenvalue weighted by Gasteiger charge is 2.49. The first-order chi connectivity index (χ1) is 17.7. The molecule has 8 heteroatoms. The van der Waals surface area contributed by atoms with Gasteiger partial charge in [-0.3, -0.25) is 9.69 Å². The minimum Gasteiger partial charge on any atom is -0.355 e. The SMILES string of the molecule is C=CC(=O)N1CC2(CCN(c3nc4c(c(-c5ccccc5F)c3C#N)CCN([C@@H](C)CN(C)C)C4)C2)C1. The summed E-state index contributed by atoms with van der Waals surface area (Å²) in [6.45, 7) is 11.1. The Labute approximate surface area is 218 Å². The minimum absolute atomic E-state index is 0.00734. The molecule has 2 saturated heterocycles. The molecule has 0 unspecified atom stereocenters. The molecule has 3 aliphatic rings. The van der Waals surface area contributed by atoms with Gasteiger partial charge in [-0.15, -0.1) is 0 Å². The maximum atomic E-state index is 15.2. The van der Waals surface area contributed by atoms with Gasteiger partial charge in [0, 0.05) is 68.4 Å². The van der Waals surface area contributed by atoms with Gasteiger partial charge in [-0.2, -0.15) is 5.26 Å². The fourth-order valence-corrected chi connectivity index (χ4v) is 6.32. The van der Waals surface area contributed by atoms with Gasteiger partial charge < -0.3 is 14.7 Å². The molecule has 1 aromatic carbocycles. The number of fused-ring (bicyclic) bond motifs is 1. The Hall–Kier alpha value is -3.28. The van der Waals surface area contributed by atoms with E-state index in [0.717, 1.165) is 50.3 Å². The lowest BCUT2D eigenvalue weighted by Crippen LogP contribution is -2.59. The van der Waals surface area contributed by atoms with Crippen LogP contribution < -0.4 is 4.90 Å². The number of nitriles is 1. The van der Waals surface area contributed by atoms with Gasteiger partial charge in [-0.1, -0.05) is 24.8 Å². The zero-order valence-electron chi connectivity index (χ0n) is 22.0. The molecule has 0 aliphatic carbocycles. The molecule has 2 aromatic rings. The van der Waals surface area contributed by atoms with E-state index < -0.39 is 0 Å².